The summed E-state index contributed by atoms with van der Waals surface area (Å²) < 4.78 is 21.3. The minimum Gasteiger partial charge on any atom is -0.376 e. The third kappa shape index (κ3) is 1.25. The van der Waals surface area contributed by atoms with Crippen molar-refractivity contribution in [2.45, 2.75) is 12.9 Å². The zero-order valence-corrected chi connectivity index (χ0v) is 7.46. The first-order valence-corrected chi connectivity index (χ1v) is 4.09. The lowest BCUT2D eigenvalue weighted by atomic mass is 9.92. The van der Waals surface area contributed by atoms with Crippen molar-refractivity contribution in [1.82, 2.24) is 0 Å². The van der Waals surface area contributed by atoms with E-state index in [9.17, 15) is 0 Å². The van der Waals surface area contributed by atoms with Gasteiger partial charge in [-0.3, -0.25) is 0 Å². The van der Waals surface area contributed by atoms with E-state index in [0.717, 1.165) is 0 Å². The Morgan fingerprint density at radius 2 is 1.67 bits per heavy atom. The highest BCUT2D eigenvalue weighted by Gasteiger charge is 2.50. The Bertz CT molecular complexity index is 155. The smallest absolute Gasteiger partial charge is 0.307 e. The van der Waals surface area contributed by atoms with Crippen molar-refractivity contribution in [3.63, 3.8) is 0 Å². The second kappa shape index (κ2) is 2.67. The zero-order chi connectivity index (χ0) is 8.66. The lowest BCUT2D eigenvalue weighted by molar-refractivity contribution is -0.473. The molecule has 4 nitrogen and oxygen atoms in total. The summed E-state index contributed by atoms with van der Waals surface area (Å²) in [5.74, 6) is -0.910. The normalized spacial score (nSPS) is 46.5. The van der Waals surface area contributed by atoms with Crippen LogP contribution in [0.4, 0.5) is 0 Å². The van der Waals surface area contributed by atoms with Gasteiger partial charge in [0, 0.05) is 12.5 Å². The number of hydrogen-bond donors (Lipinski definition) is 0. The van der Waals surface area contributed by atoms with Crippen molar-refractivity contribution in [3.05, 3.63) is 0 Å². The molecule has 3 aliphatic rings. The number of rotatable bonds is 2. The van der Waals surface area contributed by atoms with Crippen LogP contribution in [0.2, 0.25) is 0 Å². The fourth-order valence-electron chi connectivity index (χ4n) is 1.40. The highest BCUT2D eigenvalue weighted by molar-refractivity contribution is 4.84. The van der Waals surface area contributed by atoms with Gasteiger partial charge in [0.2, 0.25) is 0 Å². The molecule has 4 heteroatoms. The molecule has 3 rings (SSSR count). The van der Waals surface area contributed by atoms with E-state index in [4.69, 9.17) is 18.9 Å². The van der Waals surface area contributed by atoms with Crippen LogP contribution in [-0.4, -0.2) is 39.5 Å². The van der Waals surface area contributed by atoms with Gasteiger partial charge in [-0.05, 0) is 0 Å². The topological polar surface area (TPSA) is 36.9 Å². The van der Waals surface area contributed by atoms with Crippen molar-refractivity contribution < 1.29 is 18.9 Å². The Balaban J connectivity index is 2.04. The minimum absolute atomic E-state index is 0.0372. The molecule has 0 atom stereocenters. The monoisotopic (exact) mass is 174 g/mol. The molecule has 12 heavy (non-hydrogen) atoms. The molecule has 3 aliphatic heterocycles. The summed E-state index contributed by atoms with van der Waals surface area (Å²) in [5.41, 5.74) is 0.0372. The van der Waals surface area contributed by atoms with Gasteiger partial charge < -0.3 is 18.9 Å². The van der Waals surface area contributed by atoms with E-state index in [2.05, 4.69) is 6.92 Å². The Kier molecular flexibility index (Phi) is 1.88. The molecule has 0 aromatic rings. The summed E-state index contributed by atoms with van der Waals surface area (Å²) in [4.78, 5) is 0. The van der Waals surface area contributed by atoms with Crippen LogP contribution in [0.1, 0.15) is 6.92 Å². The van der Waals surface area contributed by atoms with Gasteiger partial charge in [0.05, 0.1) is 19.8 Å². The first-order valence-electron chi connectivity index (χ1n) is 4.09. The summed E-state index contributed by atoms with van der Waals surface area (Å²) >= 11 is 0. The molecule has 3 fully saturated rings. The Morgan fingerprint density at radius 1 is 1.17 bits per heavy atom. The molecule has 0 amide bonds. The van der Waals surface area contributed by atoms with Crippen LogP contribution in [0.5, 0.6) is 0 Å². The Hall–Kier alpha value is -0.160. The summed E-state index contributed by atoms with van der Waals surface area (Å²) in [7, 11) is 1.60. The molecule has 0 aliphatic carbocycles. The SMILES string of the molecule is COCC12OCC(C)(CO1)CO2. The Labute approximate surface area is 71.7 Å². The lowest BCUT2D eigenvalue weighted by Crippen LogP contribution is -2.60. The van der Waals surface area contributed by atoms with Crippen molar-refractivity contribution >= 4 is 0 Å². The predicted molar refractivity (Wildman–Crippen MR) is 40.6 cm³/mol. The van der Waals surface area contributed by atoms with Crippen molar-refractivity contribution in [3.8, 4) is 0 Å². The number of fused-ring (bicyclic) bond motifs is 3. The molecule has 0 saturated carbocycles. The largest absolute Gasteiger partial charge is 0.376 e. The van der Waals surface area contributed by atoms with Gasteiger partial charge in [0.15, 0.2) is 0 Å². The highest BCUT2D eigenvalue weighted by Crippen LogP contribution is 2.37. The molecule has 0 aromatic carbocycles. The van der Waals surface area contributed by atoms with Crippen LogP contribution in [0, 0.1) is 5.41 Å². The molecule has 0 spiro atoms. The van der Waals surface area contributed by atoms with Gasteiger partial charge in [-0.1, -0.05) is 6.92 Å². The van der Waals surface area contributed by atoms with Crippen LogP contribution in [0.25, 0.3) is 0 Å². The fourth-order valence-corrected chi connectivity index (χ4v) is 1.40. The molecule has 3 heterocycles. The van der Waals surface area contributed by atoms with Gasteiger partial charge >= 0.3 is 5.97 Å². The number of hydrogen-bond acceptors (Lipinski definition) is 4. The third-order valence-corrected chi connectivity index (χ3v) is 2.24. The van der Waals surface area contributed by atoms with E-state index in [-0.39, 0.29) is 5.41 Å². The maximum Gasteiger partial charge on any atom is 0.307 e. The van der Waals surface area contributed by atoms with E-state index >= 15 is 0 Å². The molecule has 2 bridgehead atoms. The second-order valence-electron chi connectivity index (χ2n) is 3.79. The maximum absolute atomic E-state index is 5.44. The maximum atomic E-state index is 5.44. The van der Waals surface area contributed by atoms with Crippen LogP contribution in [0.15, 0.2) is 0 Å². The van der Waals surface area contributed by atoms with Crippen LogP contribution in [0.3, 0.4) is 0 Å². The molecular formula is C8H14O4. The zero-order valence-electron chi connectivity index (χ0n) is 7.46. The third-order valence-electron chi connectivity index (χ3n) is 2.24. The van der Waals surface area contributed by atoms with Gasteiger partial charge in [-0.25, -0.2) is 0 Å². The van der Waals surface area contributed by atoms with E-state index < -0.39 is 5.97 Å². The number of methoxy groups -OCH3 is 1. The van der Waals surface area contributed by atoms with Gasteiger partial charge in [0.25, 0.3) is 0 Å². The fraction of sp³-hybridized carbons (Fsp3) is 1.00. The summed E-state index contributed by atoms with van der Waals surface area (Å²) in [6.07, 6.45) is 0. The average Bonchev–Trinajstić information content (AvgIpc) is 2.08. The van der Waals surface area contributed by atoms with E-state index in [1.54, 1.807) is 7.11 Å². The van der Waals surface area contributed by atoms with Gasteiger partial charge in [0.1, 0.15) is 6.61 Å². The van der Waals surface area contributed by atoms with Crippen molar-refractivity contribution in [1.29, 1.82) is 0 Å². The summed E-state index contributed by atoms with van der Waals surface area (Å²) in [5, 5.41) is 0. The first kappa shape index (κ1) is 8.44. The highest BCUT2D eigenvalue weighted by atomic mass is 16.9. The molecule has 0 aromatic heterocycles. The average molecular weight is 174 g/mol. The Morgan fingerprint density at radius 3 is 2.08 bits per heavy atom. The molecule has 0 N–H and O–H groups in total. The van der Waals surface area contributed by atoms with Crippen molar-refractivity contribution in [2.24, 2.45) is 5.41 Å². The van der Waals surface area contributed by atoms with Crippen LogP contribution in [-0.2, 0) is 18.9 Å². The molecule has 3 saturated heterocycles. The molecule has 70 valence electrons. The lowest BCUT2D eigenvalue weighted by Gasteiger charge is -2.49. The molecule has 0 unspecified atom stereocenters. The van der Waals surface area contributed by atoms with E-state index in [1.807, 2.05) is 0 Å². The van der Waals surface area contributed by atoms with E-state index in [1.165, 1.54) is 0 Å². The summed E-state index contributed by atoms with van der Waals surface area (Å²) in [6, 6.07) is 0. The van der Waals surface area contributed by atoms with Crippen LogP contribution >= 0.6 is 0 Å². The minimum atomic E-state index is -0.910. The standard InChI is InChI=1S/C8H14O4/c1-7-3-10-8(6-9-2,11-4-7)12-5-7/h3-6H2,1-2H3. The quantitative estimate of drug-likeness (QED) is 0.606. The number of ether oxygens (including phenoxy) is 4. The second-order valence-corrected chi connectivity index (χ2v) is 3.79. The van der Waals surface area contributed by atoms with Gasteiger partial charge in [-0.15, -0.1) is 0 Å². The van der Waals surface area contributed by atoms with Gasteiger partial charge in [-0.2, -0.15) is 0 Å². The van der Waals surface area contributed by atoms with E-state index in [0.29, 0.717) is 26.4 Å². The first-order chi connectivity index (χ1) is 5.68. The summed E-state index contributed by atoms with van der Waals surface area (Å²) in [6.45, 7) is 4.50. The predicted octanol–water partition coefficient (Wildman–Crippen LogP) is 0.370. The van der Waals surface area contributed by atoms with Crippen molar-refractivity contribution in [2.75, 3.05) is 33.5 Å². The van der Waals surface area contributed by atoms with Crippen LogP contribution < -0.4 is 0 Å². The molecule has 0 radical (unpaired) electrons. The molecular weight excluding hydrogens is 160 g/mol.